The number of anilines is 1. The first kappa shape index (κ1) is 25.1. The molecule has 176 valence electrons. The molecule has 1 aromatic heterocycles. The lowest BCUT2D eigenvalue weighted by Crippen LogP contribution is -2.59. The number of halogens is 1. The number of likely N-dealkylation sites (tertiary alicyclic amines) is 1. The van der Waals surface area contributed by atoms with Crippen LogP contribution in [0, 0.1) is 5.82 Å². The summed E-state index contributed by atoms with van der Waals surface area (Å²) in [5.41, 5.74) is -2.72. The molecular formula is C19H30FN3O7S. The first-order valence-electron chi connectivity index (χ1n) is 9.89. The van der Waals surface area contributed by atoms with Gasteiger partial charge in [0.15, 0.2) is 11.5 Å². The molecule has 0 spiro atoms. The summed E-state index contributed by atoms with van der Waals surface area (Å²) < 4.78 is 49.6. The Kier molecular flexibility index (Phi) is 7.71. The van der Waals surface area contributed by atoms with Crippen LogP contribution in [-0.2, 0) is 27.8 Å². The van der Waals surface area contributed by atoms with E-state index >= 15 is 4.39 Å². The van der Waals surface area contributed by atoms with E-state index in [0.717, 1.165) is 4.31 Å². The minimum atomic E-state index is -2.72. The van der Waals surface area contributed by atoms with Crippen LogP contribution in [-0.4, -0.2) is 72.8 Å². The number of rotatable bonds is 6. The lowest BCUT2D eigenvalue weighted by Gasteiger charge is -2.46. The normalized spacial score (nSPS) is 17.2. The van der Waals surface area contributed by atoms with Crippen LogP contribution in [0.1, 0.15) is 51.0 Å². The molecule has 1 unspecified atom stereocenters. The summed E-state index contributed by atoms with van der Waals surface area (Å²) in [6.07, 6.45) is 0.829. The zero-order valence-electron chi connectivity index (χ0n) is 18.4. The third kappa shape index (κ3) is 5.36. The van der Waals surface area contributed by atoms with Gasteiger partial charge in [0.1, 0.15) is 11.3 Å². The summed E-state index contributed by atoms with van der Waals surface area (Å²) in [5, 5.41) is 10.2. The first-order chi connectivity index (χ1) is 14.4. The van der Waals surface area contributed by atoms with E-state index in [2.05, 4.69) is 0 Å². The van der Waals surface area contributed by atoms with Gasteiger partial charge < -0.3 is 24.0 Å². The van der Waals surface area contributed by atoms with Crippen molar-refractivity contribution in [3.63, 3.8) is 0 Å². The molecule has 1 atom stereocenters. The van der Waals surface area contributed by atoms with E-state index in [9.17, 15) is 23.5 Å². The van der Waals surface area contributed by atoms with Crippen LogP contribution in [0.2, 0.25) is 0 Å². The van der Waals surface area contributed by atoms with E-state index < -0.39 is 52.6 Å². The van der Waals surface area contributed by atoms with Crippen molar-refractivity contribution in [1.29, 1.82) is 0 Å². The van der Waals surface area contributed by atoms with Crippen molar-refractivity contribution in [3.8, 4) is 0 Å². The van der Waals surface area contributed by atoms with Gasteiger partial charge in [-0.3, -0.25) is 8.86 Å². The highest BCUT2D eigenvalue weighted by molar-refractivity contribution is 7.80. The Morgan fingerprint density at radius 2 is 1.90 bits per heavy atom. The number of carbonyl (C=O) groups excluding carboxylic acids is 2. The van der Waals surface area contributed by atoms with E-state index in [0.29, 0.717) is 0 Å². The van der Waals surface area contributed by atoms with Crippen molar-refractivity contribution in [2.24, 2.45) is 7.05 Å². The fourth-order valence-corrected chi connectivity index (χ4v) is 4.39. The highest BCUT2D eigenvalue weighted by atomic mass is 32.2. The summed E-state index contributed by atoms with van der Waals surface area (Å²) in [6, 6.07) is 0. The van der Waals surface area contributed by atoms with E-state index in [4.69, 9.17) is 9.47 Å². The van der Waals surface area contributed by atoms with Gasteiger partial charge in [-0.1, -0.05) is 0 Å². The van der Waals surface area contributed by atoms with Crippen molar-refractivity contribution < 1.29 is 37.3 Å². The number of hydrogen-bond donors (Lipinski definition) is 2. The number of piperidine rings is 1. The topological polar surface area (TPSA) is 122 Å². The molecule has 0 aromatic carbocycles. The second-order valence-electron chi connectivity index (χ2n) is 8.38. The molecule has 1 amide bonds. The van der Waals surface area contributed by atoms with Crippen LogP contribution >= 0.6 is 0 Å². The van der Waals surface area contributed by atoms with Crippen LogP contribution in [0.3, 0.4) is 0 Å². The molecule has 2 N–H and O–H groups in total. The van der Waals surface area contributed by atoms with Gasteiger partial charge in [0.2, 0.25) is 0 Å². The Labute approximate surface area is 183 Å². The van der Waals surface area contributed by atoms with Crippen LogP contribution in [0.5, 0.6) is 0 Å². The van der Waals surface area contributed by atoms with Crippen LogP contribution in [0.15, 0.2) is 6.20 Å². The molecule has 1 aliphatic rings. The largest absolute Gasteiger partial charge is 0.461 e. The number of aromatic nitrogens is 1. The van der Waals surface area contributed by atoms with Crippen molar-refractivity contribution in [3.05, 3.63) is 17.7 Å². The number of aliphatic hydroxyl groups excluding tert-OH is 1. The molecule has 2 heterocycles. The number of nitrogens with zero attached hydrogens (tertiary/aromatic N) is 3. The summed E-state index contributed by atoms with van der Waals surface area (Å²) in [7, 11) is 1.41. The zero-order chi connectivity index (χ0) is 23.6. The second-order valence-corrected chi connectivity index (χ2v) is 9.21. The molecule has 10 nitrogen and oxygen atoms in total. The van der Waals surface area contributed by atoms with Crippen molar-refractivity contribution >= 4 is 29.0 Å². The molecule has 1 saturated heterocycles. The molecule has 0 radical (unpaired) electrons. The Morgan fingerprint density at radius 1 is 1.32 bits per heavy atom. The Morgan fingerprint density at radius 3 is 2.35 bits per heavy atom. The maximum Gasteiger partial charge on any atom is 0.410 e. The average molecular weight is 464 g/mol. The molecule has 31 heavy (non-hydrogen) atoms. The minimum Gasteiger partial charge on any atom is -0.461 e. The van der Waals surface area contributed by atoms with Gasteiger partial charge in [-0.2, -0.15) is 0 Å². The Balaban J connectivity index is 2.35. The molecule has 12 heteroatoms. The predicted molar refractivity (Wildman–Crippen MR) is 111 cm³/mol. The maximum absolute atomic E-state index is 15.2. The standard InChI is InChI=1S/C19H30FN3O7S/c1-6-29-16(25)15-14(20)13(11-21(15)5)23(31(27)28)19(12-24)7-9-22(10-8-19)17(26)30-18(2,3)4/h11,24H,6-10,12H2,1-5H3,(H,27,28). The lowest BCUT2D eigenvalue weighted by molar-refractivity contribution is 0.0136. The molecule has 1 aliphatic heterocycles. The molecule has 0 aliphatic carbocycles. The van der Waals surface area contributed by atoms with Crippen LogP contribution in [0.4, 0.5) is 14.9 Å². The quantitative estimate of drug-likeness (QED) is 0.489. The predicted octanol–water partition coefficient (Wildman–Crippen LogP) is 2.05. The molecule has 2 rings (SSSR count). The number of esters is 1. The maximum atomic E-state index is 15.2. The second kappa shape index (κ2) is 9.53. The van der Waals surface area contributed by atoms with Gasteiger partial charge in [-0.05, 0) is 40.5 Å². The SMILES string of the molecule is CCOC(=O)c1c(F)c(N(S(=O)O)C2(CO)CCN(C(=O)OC(C)(C)C)CC2)cn1C. The fraction of sp³-hybridized carbons (Fsp3) is 0.684. The smallest absolute Gasteiger partial charge is 0.410 e. The summed E-state index contributed by atoms with van der Waals surface area (Å²) >= 11 is -2.72. The average Bonchev–Trinajstić information content (AvgIpc) is 2.94. The van der Waals surface area contributed by atoms with Gasteiger partial charge in [0.25, 0.3) is 11.3 Å². The Bertz CT molecular complexity index is 844. The number of ether oxygens (including phenoxy) is 2. The number of aliphatic hydroxyl groups is 1. The first-order valence-corrected chi connectivity index (χ1v) is 10.9. The van der Waals surface area contributed by atoms with E-state index in [-0.39, 0.29) is 38.2 Å². The molecule has 0 saturated carbocycles. The van der Waals surface area contributed by atoms with E-state index in [1.54, 1.807) is 27.7 Å². The van der Waals surface area contributed by atoms with E-state index in [1.165, 1.54) is 22.7 Å². The van der Waals surface area contributed by atoms with Crippen LogP contribution < -0.4 is 4.31 Å². The summed E-state index contributed by atoms with van der Waals surface area (Å²) in [5.74, 6) is -1.93. The molecular weight excluding hydrogens is 433 g/mol. The van der Waals surface area contributed by atoms with Crippen molar-refractivity contribution in [2.45, 2.75) is 51.7 Å². The summed E-state index contributed by atoms with van der Waals surface area (Å²) in [4.78, 5) is 25.9. The highest BCUT2D eigenvalue weighted by Crippen LogP contribution is 2.37. The molecule has 1 aromatic rings. The molecule has 1 fully saturated rings. The molecule has 0 bridgehead atoms. The number of carbonyl (C=O) groups is 2. The lowest BCUT2D eigenvalue weighted by atomic mass is 9.88. The van der Waals surface area contributed by atoms with E-state index in [1.807, 2.05) is 0 Å². The van der Waals surface area contributed by atoms with Gasteiger partial charge in [0, 0.05) is 26.3 Å². The van der Waals surface area contributed by atoms with Crippen molar-refractivity contribution in [1.82, 2.24) is 9.47 Å². The number of amides is 1. The van der Waals surface area contributed by atoms with Gasteiger partial charge >= 0.3 is 12.1 Å². The van der Waals surface area contributed by atoms with Gasteiger partial charge in [-0.25, -0.2) is 18.2 Å². The summed E-state index contributed by atoms with van der Waals surface area (Å²) in [6.45, 7) is 6.52. The number of hydrogen-bond acceptors (Lipinski definition) is 6. The highest BCUT2D eigenvalue weighted by Gasteiger charge is 2.46. The minimum absolute atomic E-state index is 0.0372. The monoisotopic (exact) mass is 463 g/mol. The Hall–Kier alpha value is -2.18. The van der Waals surface area contributed by atoms with Crippen LogP contribution in [0.25, 0.3) is 0 Å². The third-order valence-corrected chi connectivity index (χ3v) is 5.91. The number of aryl methyl sites for hydroxylation is 1. The van der Waals surface area contributed by atoms with Crippen molar-refractivity contribution in [2.75, 3.05) is 30.6 Å². The zero-order valence-corrected chi connectivity index (χ0v) is 19.2. The fourth-order valence-electron chi connectivity index (χ4n) is 3.52. The third-order valence-electron chi connectivity index (χ3n) is 5.02. The van der Waals surface area contributed by atoms with Gasteiger partial charge in [-0.15, -0.1) is 0 Å². The van der Waals surface area contributed by atoms with Gasteiger partial charge in [0.05, 0.1) is 18.8 Å².